The van der Waals surface area contributed by atoms with E-state index in [0.717, 1.165) is 61.1 Å². The monoisotopic (exact) mass is 668 g/mol. The Hall–Kier alpha value is -4.02. The molecule has 48 heavy (non-hydrogen) atoms. The van der Waals surface area contributed by atoms with Gasteiger partial charge < -0.3 is 29.2 Å². The molecule has 0 unspecified atom stereocenters. The summed E-state index contributed by atoms with van der Waals surface area (Å²) >= 11 is 0. The highest BCUT2D eigenvalue weighted by Gasteiger charge is 2.31. The van der Waals surface area contributed by atoms with Crippen LogP contribution in [0.25, 0.3) is 11.1 Å². The maximum Gasteiger partial charge on any atom is 0.338 e. The summed E-state index contributed by atoms with van der Waals surface area (Å²) in [7, 11) is 0. The molecule has 10 heteroatoms. The van der Waals surface area contributed by atoms with E-state index in [0.29, 0.717) is 29.8 Å². The highest BCUT2D eigenvalue weighted by Crippen LogP contribution is 2.45. The second-order valence-corrected chi connectivity index (χ2v) is 12.7. The average Bonchev–Trinajstić information content (AvgIpc) is 3.11. The molecule has 0 aromatic heterocycles. The number of esters is 2. The van der Waals surface area contributed by atoms with Crippen molar-refractivity contribution in [3.63, 3.8) is 0 Å². The van der Waals surface area contributed by atoms with Gasteiger partial charge in [0.1, 0.15) is 11.5 Å². The second kappa shape index (κ2) is 18.5. The average molecular weight is 669 g/mol. The Labute approximate surface area is 281 Å². The van der Waals surface area contributed by atoms with Crippen molar-refractivity contribution in [3.8, 4) is 22.6 Å². The number of hydrogen-bond donors (Lipinski definition) is 2. The zero-order chi connectivity index (χ0) is 34.5. The SMILES string of the molecule is C=C(CO)C(=O)OCOc1cc(OCOC(=O)C(=C)CO)cc(-c2ccc(C3CCC(C4CCC(CCC=C(F)F)CC4)CC3)cc2)c1. The van der Waals surface area contributed by atoms with Crippen LogP contribution in [0.5, 0.6) is 11.5 Å². The summed E-state index contributed by atoms with van der Waals surface area (Å²) in [5.41, 5.74) is 2.76. The minimum absolute atomic E-state index is 0.0983. The van der Waals surface area contributed by atoms with Crippen molar-refractivity contribution in [1.29, 1.82) is 0 Å². The maximum atomic E-state index is 12.4. The fourth-order valence-corrected chi connectivity index (χ4v) is 6.79. The summed E-state index contributed by atoms with van der Waals surface area (Å²) in [6.07, 6.45) is 10.3. The number of aliphatic hydroxyl groups is 2. The van der Waals surface area contributed by atoms with Crippen LogP contribution in [0.15, 0.2) is 78.9 Å². The van der Waals surface area contributed by atoms with E-state index in [9.17, 15) is 18.4 Å². The normalized spacial score (nSPS) is 20.7. The predicted molar refractivity (Wildman–Crippen MR) is 177 cm³/mol. The summed E-state index contributed by atoms with van der Waals surface area (Å²) in [4.78, 5) is 23.7. The Morgan fingerprint density at radius 2 is 1.23 bits per heavy atom. The lowest BCUT2D eigenvalue weighted by molar-refractivity contribution is -0.146. The first-order valence-corrected chi connectivity index (χ1v) is 16.6. The van der Waals surface area contributed by atoms with Gasteiger partial charge in [-0.05, 0) is 110 Å². The van der Waals surface area contributed by atoms with Gasteiger partial charge in [-0.1, -0.05) is 50.3 Å². The number of carbonyl (C=O) groups is 2. The summed E-state index contributed by atoms with van der Waals surface area (Å²) in [5, 5.41) is 18.1. The van der Waals surface area contributed by atoms with E-state index in [2.05, 4.69) is 25.3 Å². The number of aliphatic hydroxyl groups excluding tert-OH is 2. The number of allylic oxidation sites excluding steroid dienone is 1. The smallest absolute Gasteiger partial charge is 0.338 e. The lowest BCUT2D eigenvalue weighted by Crippen LogP contribution is -2.25. The molecule has 0 saturated heterocycles. The van der Waals surface area contributed by atoms with Crippen molar-refractivity contribution in [1.82, 2.24) is 0 Å². The predicted octanol–water partition coefficient (Wildman–Crippen LogP) is 7.85. The molecule has 0 atom stereocenters. The molecule has 4 rings (SSSR count). The van der Waals surface area contributed by atoms with Crippen LogP contribution in [-0.4, -0.2) is 49.0 Å². The molecule has 2 fully saturated rings. The molecular formula is C38H46F2O8. The molecule has 2 aromatic carbocycles. The Bertz CT molecular complexity index is 1360. The lowest BCUT2D eigenvalue weighted by atomic mass is 9.68. The number of halogens is 2. The van der Waals surface area contributed by atoms with Gasteiger partial charge >= 0.3 is 11.9 Å². The fourth-order valence-electron chi connectivity index (χ4n) is 6.79. The first kappa shape index (κ1) is 36.8. The van der Waals surface area contributed by atoms with E-state index in [1.807, 2.05) is 12.1 Å². The summed E-state index contributed by atoms with van der Waals surface area (Å²) in [6.45, 7) is 4.96. The van der Waals surface area contributed by atoms with Gasteiger partial charge in [0.05, 0.1) is 24.4 Å². The van der Waals surface area contributed by atoms with E-state index in [1.54, 1.807) is 18.2 Å². The molecule has 0 bridgehead atoms. The van der Waals surface area contributed by atoms with Gasteiger partial charge in [0.2, 0.25) is 13.6 Å². The summed E-state index contributed by atoms with van der Waals surface area (Å²) in [6, 6.07) is 13.5. The highest BCUT2D eigenvalue weighted by molar-refractivity contribution is 5.88. The first-order chi connectivity index (χ1) is 23.2. The molecule has 0 radical (unpaired) electrons. The summed E-state index contributed by atoms with van der Waals surface area (Å²) in [5.74, 6) is 1.66. The Morgan fingerprint density at radius 3 is 1.71 bits per heavy atom. The van der Waals surface area contributed by atoms with Crippen molar-refractivity contribution in [2.75, 3.05) is 26.8 Å². The van der Waals surface area contributed by atoms with Gasteiger partial charge in [-0.2, -0.15) is 8.78 Å². The molecule has 0 aliphatic heterocycles. The third-order valence-electron chi connectivity index (χ3n) is 9.59. The molecule has 2 aromatic rings. The minimum Gasteiger partial charge on any atom is -0.457 e. The zero-order valence-corrected chi connectivity index (χ0v) is 27.3. The van der Waals surface area contributed by atoms with Gasteiger partial charge in [-0.3, -0.25) is 0 Å². The Morgan fingerprint density at radius 1 is 0.729 bits per heavy atom. The van der Waals surface area contributed by atoms with E-state index in [4.69, 9.17) is 29.2 Å². The number of carbonyl (C=O) groups excluding carboxylic acids is 2. The second-order valence-electron chi connectivity index (χ2n) is 12.7. The quantitative estimate of drug-likeness (QED) is 0.106. The van der Waals surface area contributed by atoms with Gasteiger partial charge in [0.15, 0.2) is 0 Å². The van der Waals surface area contributed by atoms with Crippen LogP contribution in [0.4, 0.5) is 8.78 Å². The van der Waals surface area contributed by atoms with Crippen molar-refractivity contribution < 1.29 is 47.5 Å². The van der Waals surface area contributed by atoms with Crippen LogP contribution in [0.1, 0.15) is 75.7 Å². The van der Waals surface area contributed by atoms with Gasteiger partial charge in [0.25, 0.3) is 6.08 Å². The minimum atomic E-state index is -1.57. The highest BCUT2D eigenvalue weighted by atomic mass is 19.3. The molecule has 2 N–H and O–H groups in total. The van der Waals surface area contributed by atoms with E-state index in [-0.39, 0.29) is 11.1 Å². The number of hydrogen-bond acceptors (Lipinski definition) is 8. The zero-order valence-electron chi connectivity index (χ0n) is 27.3. The molecule has 0 amide bonds. The molecule has 0 heterocycles. The van der Waals surface area contributed by atoms with Gasteiger partial charge in [0, 0.05) is 6.07 Å². The molecular weight excluding hydrogens is 622 g/mol. The number of rotatable bonds is 16. The van der Waals surface area contributed by atoms with Crippen LogP contribution in [-0.2, 0) is 19.1 Å². The van der Waals surface area contributed by atoms with E-state index < -0.39 is 44.8 Å². The molecule has 2 saturated carbocycles. The van der Waals surface area contributed by atoms with Crippen LogP contribution in [0.3, 0.4) is 0 Å². The summed E-state index contributed by atoms with van der Waals surface area (Å²) < 4.78 is 46.0. The molecule has 2 aliphatic carbocycles. The number of benzene rings is 2. The van der Waals surface area contributed by atoms with Crippen LogP contribution < -0.4 is 9.47 Å². The Kier molecular flexibility index (Phi) is 14.2. The standard InChI is InChI=1S/C38H46F2O8/c1-25(21-41)37(43)47-23-45-34-18-33(19-35(20-34)46-24-48-38(44)26(2)22-42)32-16-14-31(15-17-32)30-12-10-29(11-13-30)28-8-6-27(7-9-28)4-3-5-36(39)40/h5,14-20,27-30,41-42H,1-4,6-13,21-24H2. The first-order valence-electron chi connectivity index (χ1n) is 16.6. The van der Waals surface area contributed by atoms with Crippen LogP contribution >= 0.6 is 0 Å². The lowest BCUT2D eigenvalue weighted by Gasteiger charge is -2.38. The van der Waals surface area contributed by atoms with Crippen LogP contribution in [0, 0.1) is 17.8 Å². The topological polar surface area (TPSA) is 112 Å². The molecule has 260 valence electrons. The van der Waals surface area contributed by atoms with Crippen molar-refractivity contribution in [2.45, 2.75) is 70.1 Å². The van der Waals surface area contributed by atoms with Crippen molar-refractivity contribution >= 4 is 11.9 Å². The van der Waals surface area contributed by atoms with Gasteiger partial charge in [-0.25, -0.2) is 9.59 Å². The van der Waals surface area contributed by atoms with E-state index >= 15 is 0 Å². The number of ether oxygens (including phenoxy) is 4. The largest absolute Gasteiger partial charge is 0.457 e. The van der Waals surface area contributed by atoms with E-state index in [1.165, 1.54) is 31.2 Å². The maximum absolute atomic E-state index is 12.4. The fraction of sp³-hybridized carbons (Fsp3) is 0.474. The Balaban J connectivity index is 1.35. The van der Waals surface area contributed by atoms with Gasteiger partial charge in [-0.15, -0.1) is 0 Å². The molecule has 2 aliphatic rings. The molecule has 0 spiro atoms. The third-order valence-corrected chi connectivity index (χ3v) is 9.59. The van der Waals surface area contributed by atoms with Crippen molar-refractivity contribution in [2.24, 2.45) is 17.8 Å². The molecule has 8 nitrogen and oxygen atoms in total. The van der Waals surface area contributed by atoms with Crippen molar-refractivity contribution in [3.05, 3.63) is 84.5 Å². The van der Waals surface area contributed by atoms with Crippen LogP contribution in [0.2, 0.25) is 0 Å². The third kappa shape index (κ3) is 11.0.